The predicted molar refractivity (Wildman–Crippen MR) is 130 cm³/mol. The van der Waals surface area contributed by atoms with E-state index in [1.807, 2.05) is 0 Å². The molecule has 190 valence electrons. The Bertz CT molecular complexity index is 1120. The number of rotatable bonds is 9. The molecule has 4 N–H and O–H groups in total. The molecular formula is C26H28F2N4O4. The van der Waals surface area contributed by atoms with Gasteiger partial charge in [-0.1, -0.05) is 24.3 Å². The molecule has 1 aromatic heterocycles. The van der Waals surface area contributed by atoms with Gasteiger partial charge in [0.2, 0.25) is 11.9 Å². The van der Waals surface area contributed by atoms with E-state index in [1.54, 1.807) is 48.8 Å². The first-order chi connectivity index (χ1) is 17.4. The fourth-order valence-electron chi connectivity index (χ4n) is 4.16. The highest BCUT2D eigenvalue weighted by atomic mass is 19.3. The Morgan fingerprint density at radius 2 is 1.61 bits per heavy atom. The minimum absolute atomic E-state index is 0.0138. The van der Waals surface area contributed by atoms with Gasteiger partial charge in [-0.2, -0.15) is 8.78 Å². The average molecular weight is 499 g/mol. The van der Waals surface area contributed by atoms with Gasteiger partial charge in [-0.25, -0.2) is 9.97 Å². The summed E-state index contributed by atoms with van der Waals surface area (Å²) in [6.07, 6.45) is 5.72. The Labute approximate surface area is 207 Å². The number of halogens is 2. The number of amides is 1. The Morgan fingerprint density at radius 3 is 2.19 bits per heavy atom. The molecule has 1 atom stereocenters. The van der Waals surface area contributed by atoms with Crippen LogP contribution in [0.4, 0.5) is 20.4 Å². The number of alkyl halides is 2. The van der Waals surface area contributed by atoms with Crippen LogP contribution in [0, 0.1) is 0 Å². The Morgan fingerprint density at radius 1 is 0.972 bits per heavy atom. The van der Waals surface area contributed by atoms with Gasteiger partial charge < -0.3 is 25.6 Å². The lowest BCUT2D eigenvalue weighted by atomic mass is 9.92. The molecule has 4 rings (SSSR count). The summed E-state index contributed by atoms with van der Waals surface area (Å²) in [5, 5.41) is 25.5. The fraction of sp³-hybridized carbons (Fsp3) is 0.346. The molecule has 0 spiro atoms. The van der Waals surface area contributed by atoms with Crippen molar-refractivity contribution in [3.63, 3.8) is 0 Å². The number of carbonyl (C=O) groups excluding carboxylic acids is 1. The number of ether oxygens (including phenoxy) is 1. The summed E-state index contributed by atoms with van der Waals surface area (Å²) in [4.78, 5) is 21.3. The van der Waals surface area contributed by atoms with Crippen molar-refractivity contribution in [2.45, 2.75) is 50.4 Å². The van der Waals surface area contributed by atoms with Gasteiger partial charge >= 0.3 is 6.61 Å². The van der Waals surface area contributed by atoms with Gasteiger partial charge in [0.1, 0.15) is 5.75 Å². The predicted octanol–water partition coefficient (Wildman–Crippen LogP) is 3.98. The monoisotopic (exact) mass is 498 g/mol. The van der Waals surface area contributed by atoms with E-state index in [0.717, 1.165) is 18.4 Å². The molecule has 10 heteroatoms. The molecule has 1 aliphatic rings. The molecule has 2 aromatic carbocycles. The second-order valence-electron chi connectivity index (χ2n) is 8.69. The van der Waals surface area contributed by atoms with E-state index in [4.69, 9.17) is 0 Å². The van der Waals surface area contributed by atoms with Crippen LogP contribution in [-0.4, -0.2) is 51.5 Å². The maximum atomic E-state index is 12.7. The zero-order chi connectivity index (χ0) is 25.5. The zero-order valence-electron chi connectivity index (χ0n) is 19.5. The molecule has 8 nitrogen and oxygen atoms in total. The molecule has 0 aliphatic heterocycles. The number of anilines is 2. The Balaban J connectivity index is 1.34. The third kappa shape index (κ3) is 6.73. The van der Waals surface area contributed by atoms with Gasteiger partial charge in [0.15, 0.2) is 0 Å². The van der Waals surface area contributed by atoms with Crippen molar-refractivity contribution in [1.82, 2.24) is 15.3 Å². The molecule has 0 unspecified atom stereocenters. The van der Waals surface area contributed by atoms with Crippen LogP contribution in [0.15, 0.2) is 60.9 Å². The molecule has 1 amide bonds. The van der Waals surface area contributed by atoms with Crippen LogP contribution in [0.5, 0.6) is 5.75 Å². The van der Waals surface area contributed by atoms with Crippen molar-refractivity contribution >= 4 is 17.5 Å². The maximum absolute atomic E-state index is 12.7. The fourth-order valence-corrected chi connectivity index (χ4v) is 4.16. The smallest absolute Gasteiger partial charge is 0.387 e. The van der Waals surface area contributed by atoms with Gasteiger partial charge in [-0.15, -0.1) is 0 Å². The summed E-state index contributed by atoms with van der Waals surface area (Å²) < 4.78 is 28.9. The summed E-state index contributed by atoms with van der Waals surface area (Å²) in [6, 6.07) is 13.3. The van der Waals surface area contributed by atoms with Crippen molar-refractivity contribution in [2.24, 2.45) is 0 Å². The molecule has 1 heterocycles. The van der Waals surface area contributed by atoms with Gasteiger partial charge in [-0.05, 0) is 61.1 Å². The van der Waals surface area contributed by atoms with Crippen molar-refractivity contribution in [1.29, 1.82) is 0 Å². The first kappa shape index (κ1) is 25.5. The van der Waals surface area contributed by atoms with Crippen molar-refractivity contribution in [3.05, 3.63) is 66.5 Å². The van der Waals surface area contributed by atoms with E-state index < -0.39 is 12.5 Å². The molecule has 0 bridgehead atoms. The summed E-state index contributed by atoms with van der Waals surface area (Å²) in [6.45, 7) is -3.18. The van der Waals surface area contributed by atoms with E-state index in [2.05, 4.69) is 25.3 Å². The number of benzene rings is 2. The second-order valence-corrected chi connectivity index (χ2v) is 8.69. The third-order valence-electron chi connectivity index (χ3n) is 6.18. The van der Waals surface area contributed by atoms with E-state index in [0.29, 0.717) is 35.6 Å². The quantitative estimate of drug-likeness (QED) is 0.353. The minimum atomic E-state index is -2.87. The number of aliphatic hydroxyl groups is 2. The van der Waals surface area contributed by atoms with Crippen LogP contribution in [0.3, 0.4) is 0 Å². The second kappa shape index (κ2) is 11.9. The summed E-state index contributed by atoms with van der Waals surface area (Å²) in [5.41, 5.74) is 2.86. The van der Waals surface area contributed by atoms with E-state index in [9.17, 15) is 23.8 Å². The summed E-state index contributed by atoms with van der Waals surface area (Å²) in [5.74, 6) is -0.475. The van der Waals surface area contributed by atoms with Crippen molar-refractivity contribution in [3.8, 4) is 16.9 Å². The SMILES string of the molecule is O=C(N[C@H]1CC[C@@H](O)CC1)[C@@H](CO)c1ccc(Nc2ncc(-c3ccc(OC(F)F)cc3)cn2)cc1. The summed E-state index contributed by atoms with van der Waals surface area (Å²) >= 11 is 0. The number of hydrogen-bond acceptors (Lipinski definition) is 7. The van der Waals surface area contributed by atoms with Gasteiger partial charge in [-0.3, -0.25) is 4.79 Å². The lowest BCUT2D eigenvalue weighted by Gasteiger charge is -2.27. The van der Waals surface area contributed by atoms with Crippen LogP contribution in [0.1, 0.15) is 37.2 Å². The molecule has 3 aromatic rings. The summed E-state index contributed by atoms with van der Waals surface area (Å²) in [7, 11) is 0. The lowest BCUT2D eigenvalue weighted by molar-refractivity contribution is -0.124. The van der Waals surface area contributed by atoms with Crippen LogP contribution in [0.2, 0.25) is 0 Å². The maximum Gasteiger partial charge on any atom is 0.387 e. The number of nitrogens with zero attached hydrogens (tertiary/aromatic N) is 2. The molecular weight excluding hydrogens is 470 g/mol. The standard InChI is InChI=1S/C26H28F2N4O4/c27-25(28)36-22-11-3-16(4-12-22)18-13-29-26(30-14-18)32-20-5-1-17(2-6-20)23(15-33)24(35)31-19-7-9-21(34)10-8-19/h1-6,11-14,19,21,23,25,33-34H,7-10,15H2,(H,31,35)(H,29,30,32)/t19-,21+,23-/m0/s1. The number of nitrogens with one attached hydrogen (secondary N) is 2. The third-order valence-corrected chi connectivity index (χ3v) is 6.18. The normalized spacial score (nSPS) is 18.5. The average Bonchev–Trinajstić information content (AvgIpc) is 2.87. The molecule has 36 heavy (non-hydrogen) atoms. The number of carbonyl (C=O) groups is 1. The van der Waals surface area contributed by atoms with Crippen LogP contribution in [0.25, 0.3) is 11.1 Å². The van der Waals surface area contributed by atoms with Crippen LogP contribution < -0.4 is 15.4 Å². The van der Waals surface area contributed by atoms with Gasteiger partial charge in [0.05, 0.1) is 18.6 Å². The number of aliphatic hydroxyl groups excluding tert-OH is 2. The minimum Gasteiger partial charge on any atom is -0.435 e. The molecule has 1 fully saturated rings. The molecule has 1 saturated carbocycles. The van der Waals surface area contributed by atoms with E-state index >= 15 is 0 Å². The first-order valence-electron chi connectivity index (χ1n) is 11.7. The van der Waals surface area contributed by atoms with E-state index in [1.165, 1.54) is 12.1 Å². The van der Waals surface area contributed by atoms with Gasteiger partial charge in [0.25, 0.3) is 0 Å². The highest BCUT2D eigenvalue weighted by Crippen LogP contribution is 2.25. The first-order valence-corrected chi connectivity index (χ1v) is 11.7. The molecule has 1 aliphatic carbocycles. The Hall–Kier alpha value is -3.63. The van der Waals surface area contributed by atoms with Gasteiger partial charge in [0, 0.05) is 29.7 Å². The zero-order valence-corrected chi connectivity index (χ0v) is 19.5. The van der Waals surface area contributed by atoms with Crippen LogP contribution in [-0.2, 0) is 4.79 Å². The molecule has 0 saturated heterocycles. The Kier molecular flexibility index (Phi) is 8.40. The molecule has 0 radical (unpaired) electrons. The van der Waals surface area contributed by atoms with E-state index in [-0.39, 0.29) is 30.4 Å². The lowest BCUT2D eigenvalue weighted by Crippen LogP contribution is -2.41. The van der Waals surface area contributed by atoms with Crippen LogP contribution >= 0.6 is 0 Å². The van der Waals surface area contributed by atoms with Crippen molar-refractivity contribution in [2.75, 3.05) is 11.9 Å². The number of aromatic nitrogens is 2. The number of hydrogen-bond donors (Lipinski definition) is 4. The highest BCUT2D eigenvalue weighted by molar-refractivity contribution is 5.84. The largest absolute Gasteiger partial charge is 0.435 e. The van der Waals surface area contributed by atoms with Crippen molar-refractivity contribution < 1.29 is 28.5 Å². The topological polar surface area (TPSA) is 117 Å². The highest BCUT2D eigenvalue weighted by Gasteiger charge is 2.25.